The molecule has 1 aromatic heterocycles. The molecule has 0 N–H and O–H groups in total. The van der Waals surface area contributed by atoms with Gasteiger partial charge in [0.25, 0.3) is 0 Å². The fourth-order valence-electron chi connectivity index (χ4n) is 1.97. The van der Waals surface area contributed by atoms with E-state index in [0.29, 0.717) is 31.6 Å². The fraction of sp³-hybridized carbons (Fsp3) is 0.200. The van der Waals surface area contributed by atoms with Crippen LogP contribution in [-0.2, 0) is 4.74 Å². The monoisotopic (exact) mass is 339 g/mol. The van der Waals surface area contributed by atoms with Gasteiger partial charge in [-0.2, -0.15) is 5.26 Å². The Bertz CT molecular complexity index is 747. The molecule has 3 nitrogen and oxygen atoms in total. The van der Waals surface area contributed by atoms with Gasteiger partial charge in [0.1, 0.15) is 10.9 Å². The smallest absolute Gasteiger partial charge is 0.348 e. The number of ether oxygens (including phenoxy) is 1. The van der Waals surface area contributed by atoms with Crippen LogP contribution in [0.15, 0.2) is 18.2 Å². The van der Waals surface area contributed by atoms with Gasteiger partial charge in [0.2, 0.25) is 0 Å². The number of hydrogen-bond donors (Lipinski definition) is 0. The number of halogens is 2. The highest BCUT2D eigenvalue weighted by molar-refractivity contribution is 7.14. The van der Waals surface area contributed by atoms with E-state index in [1.165, 1.54) is 11.3 Å². The number of rotatable bonds is 3. The van der Waals surface area contributed by atoms with E-state index in [1.807, 2.05) is 0 Å². The Labute approximate surface area is 136 Å². The van der Waals surface area contributed by atoms with Crippen LogP contribution in [0.2, 0.25) is 10.0 Å². The highest BCUT2D eigenvalue weighted by Crippen LogP contribution is 2.40. The summed E-state index contributed by atoms with van der Waals surface area (Å²) in [5, 5.41) is 10.3. The number of benzene rings is 1. The summed E-state index contributed by atoms with van der Waals surface area (Å²) in [6.45, 7) is 3.79. The number of nitrogens with zero attached hydrogens (tertiary/aromatic N) is 1. The first-order valence-corrected chi connectivity index (χ1v) is 7.72. The maximum absolute atomic E-state index is 12.1. The molecule has 0 radical (unpaired) electrons. The second-order valence-corrected chi connectivity index (χ2v) is 6.26. The molecule has 21 heavy (non-hydrogen) atoms. The van der Waals surface area contributed by atoms with Crippen molar-refractivity contribution in [2.45, 2.75) is 13.8 Å². The predicted octanol–water partition coefficient (Wildman–Crippen LogP) is 5.08. The van der Waals surface area contributed by atoms with Gasteiger partial charge in [-0.25, -0.2) is 4.79 Å². The van der Waals surface area contributed by atoms with E-state index in [0.717, 1.165) is 4.88 Å². The lowest BCUT2D eigenvalue weighted by molar-refractivity contribution is 0.0533. The Morgan fingerprint density at radius 1 is 1.43 bits per heavy atom. The predicted molar refractivity (Wildman–Crippen MR) is 85.2 cm³/mol. The average molecular weight is 340 g/mol. The van der Waals surface area contributed by atoms with Crippen LogP contribution in [0.1, 0.15) is 27.0 Å². The minimum Gasteiger partial charge on any atom is -0.462 e. The molecule has 108 valence electrons. The van der Waals surface area contributed by atoms with Gasteiger partial charge in [-0.15, -0.1) is 11.3 Å². The van der Waals surface area contributed by atoms with Crippen molar-refractivity contribution in [1.29, 1.82) is 5.26 Å². The standard InChI is InChI=1S/C15H11Cl2NO2S/c1-3-20-15(19)14-13(11(7-18)8(2)21-14)10-5-4-9(16)6-12(10)17/h4-6H,3H2,1-2H3. The van der Waals surface area contributed by atoms with Crippen molar-refractivity contribution in [2.75, 3.05) is 6.61 Å². The highest BCUT2D eigenvalue weighted by atomic mass is 35.5. The second kappa shape index (κ2) is 6.48. The summed E-state index contributed by atoms with van der Waals surface area (Å²) >= 11 is 13.3. The number of carbonyl (C=O) groups is 1. The van der Waals surface area contributed by atoms with E-state index in [-0.39, 0.29) is 6.61 Å². The van der Waals surface area contributed by atoms with E-state index in [4.69, 9.17) is 27.9 Å². The molecule has 0 amide bonds. The Morgan fingerprint density at radius 3 is 2.71 bits per heavy atom. The number of carbonyl (C=O) groups excluding carboxylic acids is 1. The number of esters is 1. The number of thiophene rings is 1. The second-order valence-electron chi connectivity index (χ2n) is 4.19. The van der Waals surface area contributed by atoms with Crippen LogP contribution in [0.4, 0.5) is 0 Å². The molecule has 6 heteroatoms. The third kappa shape index (κ3) is 3.06. The largest absolute Gasteiger partial charge is 0.462 e. The van der Waals surface area contributed by atoms with Gasteiger partial charge in [0.05, 0.1) is 12.2 Å². The number of hydrogen-bond acceptors (Lipinski definition) is 4. The summed E-state index contributed by atoms with van der Waals surface area (Å²) in [4.78, 5) is 13.2. The first-order chi connectivity index (χ1) is 9.99. The zero-order chi connectivity index (χ0) is 15.6. The van der Waals surface area contributed by atoms with Crippen LogP contribution in [0.25, 0.3) is 11.1 Å². The van der Waals surface area contributed by atoms with E-state index in [1.54, 1.807) is 32.0 Å². The molecule has 0 atom stereocenters. The van der Waals surface area contributed by atoms with Crippen molar-refractivity contribution in [3.8, 4) is 17.2 Å². The lowest BCUT2D eigenvalue weighted by Gasteiger charge is -2.07. The van der Waals surface area contributed by atoms with Crippen molar-refractivity contribution < 1.29 is 9.53 Å². The van der Waals surface area contributed by atoms with Gasteiger partial charge < -0.3 is 4.74 Å². The van der Waals surface area contributed by atoms with Crippen molar-refractivity contribution in [3.63, 3.8) is 0 Å². The van der Waals surface area contributed by atoms with Crippen LogP contribution in [0, 0.1) is 18.3 Å². The van der Waals surface area contributed by atoms with Gasteiger partial charge in [-0.05, 0) is 26.0 Å². The number of aryl methyl sites for hydroxylation is 1. The molecule has 0 saturated heterocycles. The van der Waals surface area contributed by atoms with Crippen molar-refractivity contribution in [1.82, 2.24) is 0 Å². The summed E-state index contributed by atoms with van der Waals surface area (Å²) in [6, 6.07) is 7.09. The molecular formula is C15H11Cl2NO2S. The summed E-state index contributed by atoms with van der Waals surface area (Å²) in [5.74, 6) is -0.451. The highest BCUT2D eigenvalue weighted by Gasteiger charge is 2.24. The van der Waals surface area contributed by atoms with Crippen LogP contribution < -0.4 is 0 Å². The minimum absolute atomic E-state index is 0.269. The van der Waals surface area contributed by atoms with Gasteiger partial charge in [0, 0.05) is 26.0 Å². The van der Waals surface area contributed by atoms with Gasteiger partial charge in [-0.3, -0.25) is 0 Å². The quantitative estimate of drug-likeness (QED) is 0.732. The fourth-order valence-corrected chi connectivity index (χ4v) is 3.48. The Hall–Kier alpha value is -1.54. The zero-order valence-electron chi connectivity index (χ0n) is 11.4. The van der Waals surface area contributed by atoms with Crippen LogP contribution in [-0.4, -0.2) is 12.6 Å². The van der Waals surface area contributed by atoms with E-state index in [2.05, 4.69) is 6.07 Å². The molecule has 0 spiro atoms. The van der Waals surface area contributed by atoms with Crippen LogP contribution in [0.5, 0.6) is 0 Å². The summed E-state index contributed by atoms with van der Waals surface area (Å²) in [7, 11) is 0. The normalized spacial score (nSPS) is 10.2. The SMILES string of the molecule is CCOC(=O)c1sc(C)c(C#N)c1-c1ccc(Cl)cc1Cl. The molecule has 0 saturated carbocycles. The van der Waals surface area contributed by atoms with Crippen molar-refractivity contribution in [2.24, 2.45) is 0 Å². The Morgan fingerprint density at radius 2 is 2.14 bits per heavy atom. The molecule has 1 aromatic carbocycles. The molecule has 0 aliphatic carbocycles. The van der Waals surface area contributed by atoms with E-state index >= 15 is 0 Å². The molecule has 2 aromatic rings. The first kappa shape index (κ1) is 15.8. The summed E-state index contributed by atoms with van der Waals surface area (Å²) in [6.07, 6.45) is 0. The van der Waals surface area contributed by atoms with Crippen molar-refractivity contribution >= 4 is 40.5 Å². The first-order valence-electron chi connectivity index (χ1n) is 6.15. The molecule has 0 aliphatic rings. The van der Waals surface area contributed by atoms with E-state index in [9.17, 15) is 10.1 Å². The molecule has 0 fully saturated rings. The van der Waals surface area contributed by atoms with Gasteiger partial charge >= 0.3 is 5.97 Å². The molecule has 0 aliphatic heterocycles. The molecule has 0 unspecified atom stereocenters. The van der Waals surface area contributed by atoms with E-state index < -0.39 is 5.97 Å². The maximum atomic E-state index is 12.1. The minimum atomic E-state index is -0.451. The molecule has 1 heterocycles. The van der Waals surface area contributed by atoms with Gasteiger partial charge in [-0.1, -0.05) is 29.3 Å². The molecular weight excluding hydrogens is 329 g/mol. The van der Waals surface area contributed by atoms with Crippen LogP contribution >= 0.6 is 34.5 Å². The topological polar surface area (TPSA) is 50.1 Å². The molecule has 2 rings (SSSR count). The number of nitriles is 1. The average Bonchev–Trinajstić information content (AvgIpc) is 2.76. The summed E-state index contributed by atoms with van der Waals surface area (Å²) < 4.78 is 5.06. The zero-order valence-corrected chi connectivity index (χ0v) is 13.7. The van der Waals surface area contributed by atoms with Crippen molar-refractivity contribution in [3.05, 3.63) is 43.6 Å². The third-order valence-electron chi connectivity index (χ3n) is 2.86. The third-order valence-corrected chi connectivity index (χ3v) is 4.49. The summed E-state index contributed by atoms with van der Waals surface area (Å²) in [5.41, 5.74) is 1.55. The van der Waals surface area contributed by atoms with Crippen LogP contribution in [0.3, 0.4) is 0 Å². The Kier molecular flexibility index (Phi) is 4.89. The lowest BCUT2D eigenvalue weighted by Crippen LogP contribution is -2.04. The van der Waals surface area contributed by atoms with Gasteiger partial charge in [0.15, 0.2) is 0 Å². The molecule has 0 bridgehead atoms. The Balaban J connectivity index is 2.71. The lowest BCUT2D eigenvalue weighted by atomic mass is 10.0. The maximum Gasteiger partial charge on any atom is 0.348 e.